The SMILES string of the molecule is CCCC1(C(=O)Nc2cccc(C)c2)CCNCC1. The van der Waals surface area contributed by atoms with Crippen LogP contribution in [-0.4, -0.2) is 19.0 Å². The van der Waals surface area contributed by atoms with E-state index >= 15 is 0 Å². The molecule has 19 heavy (non-hydrogen) atoms. The van der Waals surface area contributed by atoms with Gasteiger partial charge >= 0.3 is 0 Å². The molecule has 0 atom stereocenters. The first-order valence-electron chi connectivity index (χ1n) is 7.25. The third kappa shape index (κ3) is 3.35. The number of benzene rings is 1. The van der Waals surface area contributed by atoms with E-state index in [9.17, 15) is 4.79 Å². The normalized spacial score (nSPS) is 18.0. The molecule has 1 fully saturated rings. The van der Waals surface area contributed by atoms with Gasteiger partial charge in [0, 0.05) is 5.69 Å². The van der Waals surface area contributed by atoms with E-state index in [1.54, 1.807) is 0 Å². The molecule has 0 bridgehead atoms. The molecule has 0 spiro atoms. The number of piperidine rings is 1. The van der Waals surface area contributed by atoms with Gasteiger partial charge in [-0.05, 0) is 57.0 Å². The molecule has 1 heterocycles. The van der Waals surface area contributed by atoms with Crippen LogP contribution in [0.2, 0.25) is 0 Å². The van der Waals surface area contributed by atoms with E-state index < -0.39 is 0 Å². The van der Waals surface area contributed by atoms with Crippen molar-refractivity contribution in [2.75, 3.05) is 18.4 Å². The zero-order chi connectivity index (χ0) is 13.7. The third-order valence-electron chi connectivity index (χ3n) is 4.05. The predicted molar refractivity (Wildman–Crippen MR) is 79.3 cm³/mol. The largest absolute Gasteiger partial charge is 0.326 e. The molecule has 1 aromatic rings. The molecule has 2 rings (SSSR count). The molecule has 3 heteroatoms. The second kappa shape index (κ2) is 6.20. The smallest absolute Gasteiger partial charge is 0.230 e. The summed E-state index contributed by atoms with van der Waals surface area (Å²) in [6, 6.07) is 8.02. The third-order valence-corrected chi connectivity index (χ3v) is 4.05. The van der Waals surface area contributed by atoms with Crippen molar-refractivity contribution < 1.29 is 4.79 Å². The highest BCUT2D eigenvalue weighted by atomic mass is 16.2. The fourth-order valence-corrected chi connectivity index (χ4v) is 2.96. The van der Waals surface area contributed by atoms with Crippen LogP contribution < -0.4 is 10.6 Å². The molecule has 1 amide bonds. The zero-order valence-corrected chi connectivity index (χ0v) is 12.0. The van der Waals surface area contributed by atoms with Crippen molar-refractivity contribution >= 4 is 11.6 Å². The van der Waals surface area contributed by atoms with Gasteiger partial charge in [0.25, 0.3) is 0 Å². The Balaban J connectivity index is 2.11. The van der Waals surface area contributed by atoms with E-state index in [2.05, 4.69) is 17.6 Å². The average Bonchev–Trinajstić information content (AvgIpc) is 2.40. The average molecular weight is 260 g/mol. The van der Waals surface area contributed by atoms with Gasteiger partial charge in [-0.25, -0.2) is 0 Å². The van der Waals surface area contributed by atoms with Crippen molar-refractivity contribution in [2.45, 2.75) is 39.5 Å². The molecular weight excluding hydrogens is 236 g/mol. The van der Waals surface area contributed by atoms with Gasteiger partial charge in [-0.1, -0.05) is 25.5 Å². The number of rotatable bonds is 4. The maximum Gasteiger partial charge on any atom is 0.230 e. The van der Waals surface area contributed by atoms with Crippen LogP contribution >= 0.6 is 0 Å². The highest BCUT2D eigenvalue weighted by molar-refractivity contribution is 5.95. The van der Waals surface area contributed by atoms with Gasteiger partial charge < -0.3 is 10.6 Å². The van der Waals surface area contributed by atoms with Gasteiger partial charge in [-0.2, -0.15) is 0 Å². The number of anilines is 1. The van der Waals surface area contributed by atoms with Crippen LogP contribution in [0, 0.1) is 12.3 Å². The molecule has 0 saturated carbocycles. The lowest BCUT2D eigenvalue weighted by molar-refractivity contribution is -0.127. The number of carbonyl (C=O) groups excluding carboxylic acids is 1. The minimum atomic E-state index is -0.177. The number of aryl methyl sites for hydroxylation is 1. The van der Waals surface area contributed by atoms with E-state index in [0.29, 0.717) is 0 Å². The number of hydrogen-bond donors (Lipinski definition) is 2. The lowest BCUT2D eigenvalue weighted by Crippen LogP contribution is -2.44. The Labute approximate surface area is 115 Å². The minimum Gasteiger partial charge on any atom is -0.326 e. The Morgan fingerprint density at radius 3 is 2.74 bits per heavy atom. The quantitative estimate of drug-likeness (QED) is 0.873. The summed E-state index contributed by atoms with van der Waals surface area (Å²) >= 11 is 0. The van der Waals surface area contributed by atoms with Crippen LogP contribution in [0.15, 0.2) is 24.3 Å². The molecule has 1 aliphatic rings. The second-order valence-electron chi connectivity index (χ2n) is 5.60. The molecule has 1 saturated heterocycles. The highest BCUT2D eigenvalue weighted by Crippen LogP contribution is 2.35. The van der Waals surface area contributed by atoms with Crippen molar-refractivity contribution in [3.63, 3.8) is 0 Å². The second-order valence-corrected chi connectivity index (χ2v) is 5.60. The minimum absolute atomic E-state index is 0.177. The van der Waals surface area contributed by atoms with Crippen LogP contribution in [-0.2, 0) is 4.79 Å². The maximum absolute atomic E-state index is 12.7. The summed E-state index contributed by atoms with van der Waals surface area (Å²) in [6.45, 7) is 6.09. The fraction of sp³-hybridized carbons (Fsp3) is 0.562. The van der Waals surface area contributed by atoms with E-state index in [1.807, 2.05) is 31.2 Å². The molecular formula is C16H24N2O. The Kier molecular flexibility index (Phi) is 4.59. The first-order chi connectivity index (χ1) is 9.16. The van der Waals surface area contributed by atoms with E-state index in [1.165, 1.54) is 5.56 Å². The number of amides is 1. The van der Waals surface area contributed by atoms with Crippen molar-refractivity contribution in [2.24, 2.45) is 5.41 Å². The van der Waals surface area contributed by atoms with Gasteiger partial charge in [0.05, 0.1) is 5.41 Å². The number of nitrogens with one attached hydrogen (secondary N) is 2. The van der Waals surface area contributed by atoms with Crippen LogP contribution in [0.1, 0.15) is 38.2 Å². The van der Waals surface area contributed by atoms with E-state index in [-0.39, 0.29) is 11.3 Å². The summed E-state index contributed by atoms with van der Waals surface area (Å²) in [4.78, 5) is 12.7. The summed E-state index contributed by atoms with van der Waals surface area (Å²) in [7, 11) is 0. The van der Waals surface area contributed by atoms with Crippen LogP contribution in [0.3, 0.4) is 0 Å². The van der Waals surface area contributed by atoms with Gasteiger partial charge in [0.1, 0.15) is 0 Å². The zero-order valence-electron chi connectivity index (χ0n) is 12.0. The van der Waals surface area contributed by atoms with Gasteiger partial charge in [-0.15, -0.1) is 0 Å². The van der Waals surface area contributed by atoms with Gasteiger partial charge in [0.15, 0.2) is 0 Å². The molecule has 0 aliphatic carbocycles. The van der Waals surface area contributed by atoms with Crippen molar-refractivity contribution in [3.05, 3.63) is 29.8 Å². The van der Waals surface area contributed by atoms with Crippen LogP contribution in [0.25, 0.3) is 0 Å². The summed E-state index contributed by atoms with van der Waals surface area (Å²) in [6.07, 6.45) is 3.92. The maximum atomic E-state index is 12.7. The molecule has 1 aliphatic heterocycles. The monoisotopic (exact) mass is 260 g/mol. The number of carbonyl (C=O) groups is 1. The Hall–Kier alpha value is -1.35. The van der Waals surface area contributed by atoms with Crippen LogP contribution in [0.4, 0.5) is 5.69 Å². The van der Waals surface area contributed by atoms with Crippen molar-refractivity contribution in [1.82, 2.24) is 5.32 Å². The first-order valence-corrected chi connectivity index (χ1v) is 7.25. The standard InChI is InChI=1S/C16H24N2O/c1-3-7-16(8-10-17-11-9-16)15(19)18-14-6-4-5-13(2)12-14/h4-6,12,17H,3,7-11H2,1-2H3,(H,18,19). The lowest BCUT2D eigenvalue weighted by Gasteiger charge is -2.36. The number of hydrogen-bond acceptors (Lipinski definition) is 2. The summed E-state index contributed by atoms with van der Waals surface area (Å²) < 4.78 is 0. The molecule has 1 aromatic carbocycles. The molecule has 3 nitrogen and oxygen atoms in total. The Morgan fingerprint density at radius 1 is 1.37 bits per heavy atom. The van der Waals surface area contributed by atoms with Gasteiger partial charge in [0.2, 0.25) is 5.91 Å². The fourth-order valence-electron chi connectivity index (χ4n) is 2.96. The van der Waals surface area contributed by atoms with Gasteiger partial charge in [-0.3, -0.25) is 4.79 Å². The predicted octanol–water partition coefficient (Wildman–Crippen LogP) is 3.10. The van der Waals surface area contributed by atoms with E-state index in [4.69, 9.17) is 0 Å². The Bertz CT molecular complexity index is 431. The van der Waals surface area contributed by atoms with Crippen molar-refractivity contribution in [1.29, 1.82) is 0 Å². The van der Waals surface area contributed by atoms with E-state index in [0.717, 1.165) is 44.5 Å². The molecule has 0 aromatic heterocycles. The lowest BCUT2D eigenvalue weighted by atomic mass is 9.74. The van der Waals surface area contributed by atoms with Crippen molar-refractivity contribution in [3.8, 4) is 0 Å². The molecule has 0 radical (unpaired) electrons. The summed E-state index contributed by atoms with van der Waals surface area (Å²) in [5.74, 6) is 0.196. The first kappa shape index (κ1) is 14.1. The molecule has 104 valence electrons. The Morgan fingerprint density at radius 2 is 2.11 bits per heavy atom. The molecule has 0 unspecified atom stereocenters. The molecule has 2 N–H and O–H groups in total. The topological polar surface area (TPSA) is 41.1 Å². The summed E-state index contributed by atoms with van der Waals surface area (Å²) in [5.41, 5.74) is 1.91. The summed E-state index contributed by atoms with van der Waals surface area (Å²) in [5, 5.41) is 6.46. The highest BCUT2D eigenvalue weighted by Gasteiger charge is 2.38. The van der Waals surface area contributed by atoms with Crippen LogP contribution in [0.5, 0.6) is 0 Å².